The summed E-state index contributed by atoms with van der Waals surface area (Å²) in [4.78, 5) is 6.81. The van der Waals surface area contributed by atoms with Crippen LogP contribution in [-0.4, -0.2) is 36.1 Å². The average molecular weight is 310 g/mol. The lowest BCUT2D eigenvalue weighted by Crippen LogP contribution is -2.45. The number of nitrogens with one attached hydrogen (secondary N) is 1. The van der Waals surface area contributed by atoms with Crippen LogP contribution in [0.3, 0.4) is 0 Å². The number of hydrogen-bond donors (Lipinski definition) is 1. The van der Waals surface area contributed by atoms with Gasteiger partial charge in [0.25, 0.3) is 0 Å². The van der Waals surface area contributed by atoms with Crippen molar-refractivity contribution in [3.05, 3.63) is 40.6 Å². The van der Waals surface area contributed by atoms with Crippen molar-refractivity contribution in [1.29, 1.82) is 0 Å². The van der Waals surface area contributed by atoms with Crippen LogP contribution in [0.4, 0.5) is 0 Å². The molecule has 0 aromatic carbocycles. The maximum absolute atomic E-state index is 4.29. The molecule has 0 spiro atoms. The van der Waals surface area contributed by atoms with Crippen LogP contribution in [0.25, 0.3) is 0 Å². The van der Waals surface area contributed by atoms with Gasteiger partial charge in [-0.3, -0.25) is 9.88 Å². The van der Waals surface area contributed by atoms with Gasteiger partial charge in [-0.1, -0.05) is 5.57 Å². The summed E-state index contributed by atoms with van der Waals surface area (Å²) in [6.45, 7) is 10.5. The van der Waals surface area contributed by atoms with E-state index in [2.05, 4.69) is 50.7 Å². The predicted molar refractivity (Wildman–Crippen MR) is 78.6 cm³/mol. The number of hydrogen-bond acceptors (Lipinski definition) is 3. The third-order valence-electron chi connectivity index (χ3n) is 3.24. The van der Waals surface area contributed by atoms with E-state index in [1.807, 2.05) is 12.4 Å². The van der Waals surface area contributed by atoms with Crippen molar-refractivity contribution in [2.45, 2.75) is 19.4 Å². The summed E-state index contributed by atoms with van der Waals surface area (Å²) in [5.41, 5.74) is 2.49. The second kappa shape index (κ2) is 6.45. The Morgan fingerprint density at radius 1 is 1.50 bits per heavy atom. The topological polar surface area (TPSA) is 28.2 Å². The maximum Gasteiger partial charge on any atom is 0.0410 e. The highest BCUT2D eigenvalue weighted by Gasteiger charge is 2.22. The van der Waals surface area contributed by atoms with Crippen molar-refractivity contribution < 1.29 is 0 Å². The Kier molecular flexibility index (Phi) is 4.92. The van der Waals surface area contributed by atoms with E-state index < -0.39 is 0 Å². The molecular formula is C14H20BrN3. The summed E-state index contributed by atoms with van der Waals surface area (Å²) in [6.07, 6.45) is 4.80. The zero-order valence-corrected chi connectivity index (χ0v) is 12.4. The van der Waals surface area contributed by atoms with Crippen LogP contribution in [0.1, 0.15) is 24.9 Å². The van der Waals surface area contributed by atoms with E-state index in [1.165, 1.54) is 11.1 Å². The number of pyridine rings is 1. The molecule has 1 N–H and O–H groups in total. The molecule has 4 heteroatoms. The number of piperazine rings is 1. The van der Waals surface area contributed by atoms with Gasteiger partial charge in [0, 0.05) is 49.1 Å². The first-order valence-electron chi connectivity index (χ1n) is 6.36. The Bertz CT molecular complexity index is 413. The summed E-state index contributed by atoms with van der Waals surface area (Å²) in [7, 11) is 0. The molecule has 0 unspecified atom stereocenters. The van der Waals surface area contributed by atoms with E-state index >= 15 is 0 Å². The van der Waals surface area contributed by atoms with E-state index in [0.717, 1.165) is 37.1 Å². The lowest BCUT2D eigenvalue weighted by Gasteiger charge is -2.35. The minimum atomic E-state index is 0.398. The van der Waals surface area contributed by atoms with E-state index in [0.29, 0.717) is 6.04 Å². The fraction of sp³-hybridized carbons (Fsp3) is 0.500. The molecule has 0 aliphatic carbocycles. The van der Waals surface area contributed by atoms with Crippen molar-refractivity contribution in [3.63, 3.8) is 0 Å². The zero-order chi connectivity index (χ0) is 13.0. The first-order chi connectivity index (χ1) is 8.66. The molecule has 98 valence electrons. The van der Waals surface area contributed by atoms with Gasteiger partial charge in [-0.15, -0.1) is 6.58 Å². The van der Waals surface area contributed by atoms with Crippen molar-refractivity contribution in [2.75, 3.05) is 26.2 Å². The molecule has 1 aromatic rings. The standard InChI is InChI=1S/C14H20BrN3/c1-11(2)7-14(18-5-3-16-4-6-18)12-8-13(15)10-17-9-12/h8-10,14,16H,1,3-7H2,2H3/t14-/m0/s1. The fourth-order valence-corrected chi connectivity index (χ4v) is 2.77. The average Bonchev–Trinajstić information content (AvgIpc) is 2.37. The van der Waals surface area contributed by atoms with Crippen molar-refractivity contribution in [2.24, 2.45) is 0 Å². The highest BCUT2D eigenvalue weighted by molar-refractivity contribution is 9.10. The lowest BCUT2D eigenvalue weighted by molar-refractivity contribution is 0.172. The van der Waals surface area contributed by atoms with Gasteiger partial charge in [-0.25, -0.2) is 0 Å². The van der Waals surface area contributed by atoms with Crippen LogP contribution >= 0.6 is 15.9 Å². The predicted octanol–water partition coefficient (Wildman–Crippen LogP) is 2.76. The van der Waals surface area contributed by atoms with Crippen molar-refractivity contribution in [3.8, 4) is 0 Å². The second-order valence-corrected chi connectivity index (χ2v) is 5.82. The monoisotopic (exact) mass is 309 g/mol. The molecule has 1 fully saturated rings. The Morgan fingerprint density at radius 2 is 2.22 bits per heavy atom. The molecule has 1 atom stereocenters. The van der Waals surface area contributed by atoms with Crippen molar-refractivity contribution in [1.82, 2.24) is 15.2 Å². The Morgan fingerprint density at radius 3 is 2.83 bits per heavy atom. The third-order valence-corrected chi connectivity index (χ3v) is 3.68. The number of nitrogens with zero attached hydrogens (tertiary/aromatic N) is 2. The molecule has 1 aliphatic heterocycles. The van der Waals surface area contributed by atoms with Crippen LogP contribution < -0.4 is 5.32 Å². The molecule has 2 heterocycles. The number of rotatable bonds is 4. The van der Waals surface area contributed by atoms with Crippen LogP contribution in [0.5, 0.6) is 0 Å². The Hall–Kier alpha value is -0.710. The Balaban J connectivity index is 2.20. The van der Waals surface area contributed by atoms with Crippen LogP contribution in [0.2, 0.25) is 0 Å². The molecule has 18 heavy (non-hydrogen) atoms. The highest BCUT2D eigenvalue weighted by atomic mass is 79.9. The van der Waals surface area contributed by atoms with E-state index in [4.69, 9.17) is 0 Å². The summed E-state index contributed by atoms with van der Waals surface area (Å²) in [5.74, 6) is 0. The zero-order valence-electron chi connectivity index (χ0n) is 10.8. The summed E-state index contributed by atoms with van der Waals surface area (Å²) < 4.78 is 1.04. The van der Waals surface area contributed by atoms with Gasteiger partial charge < -0.3 is 5.32 Å². The van der Waals surface area contributed by atoms with Gasteiger partial charge in [0.05, 0.1) is 0 Å². The SMILES string of the molecule is C=C(C)C[C@@H](c1cncc(Br)c1)N1CCNCC1. The summed E-state index contributed by atoms with van der Waals surface area (Å²) in [6, 6.07) is 2.57. The molecule has 2 rings (SSSR count). The fourth-order valence-electron chi connectivity index (χ4n) is 2.39. The first kappa shape index (κ1) is 13.7. The van der Waals surface area contributed by atoms with Crippen LogP contribution in [0.15, 0.2) is 35.1 Å². The van der Waals surface area contributed by atoms with Gasteiger partial charge in [-0.2, -0.15) is 0 Å². The molecule has 0 bridgehead atoms. The quantitative estimate of drug-likeness (QED) is 0.867. The van der Waals surface area contributed by atoms with Gasteiger partial charge in [-0.05, 0) is 40.9 Å². The van der Waals surface area contributed by atoms with Gasteiger partial charge in [0.15, 0.2) is 0 Å². The number of aromatic nitrogens is 1. The molecule has 1 saturated heterocycles. The number of halogens is 1. The minimum Gasteiger partial charge on any atom is -0.314 e. The molecule has 3 nitrogen and oxygen atoms in total. The van der Waals surface area contributed by atoms with Gasteiger partial charge >= 0.3 is 0 Å². The Labute approximate surface area is 117 Å². The summed E-state index contributed by atoms with van der Waals surface area (Å²) in [5, 5.41) is 3.40. The van der Waals surface area contributed by atoms with Crippen molar-refractivity contribution >= 4 is 15.9 Å². The minimum absolute atomic E-state index is 0.398. The second-order valence-electron chi connectivity index (χ2n) is 4.90. The summed E-state index contributed by atoms with van der Waals surface area (Å²) >= 11 is 3.50. The molecular weight excluding hydrogens is 290 g/mol. The molecule has 0 radical (unpaired) electrons. The highest BCUT2D eigenvalue weighted by Crippen LogP contribution is 2.28. The molecule has 0 amide bonds. The molecule has 1 aromatic heterocycles. The van der Waals surface area contributed by atoms with Gasteiger partial charge in [0.2, 0.25) is 0 Å². The molecule has 1 aliphatic rings. The van der Waals surface area contributed by atoms with E-state index in [1.54, 1.807) is 0 Å². The van der Waals surface area contributed by atoms with Crippen LogP contribution in [-0.2, 0) is 0 Å². The first-order valence-corrected chi connectivity index (χ1v) is 7.15. The third kappa shape index (κ3) is 3.64. The van der Waals surface area contributed by atoms with E-state index in [-0.39, 0.29) is 0 Å². The molecule has 0 saturated carbocycles. The van der Waals surface area contributed by atoms with Gasteiger partial charge in [0.1, 0.15) is 0 Å². The normalized spacial score (nSPS) is 18.6. The van der Waals surface area contributed by atoms with E-state index in [9.17, 15) is 0 Å². The maximum atomic E-state index is 4.29. The largest absolute Gasteiger partial charge is 0.314 e. The van der Waals surface area contributed by atoms with Crippen LogP contribution in [0, 0.1) is 0 Å². The lowest BCUT2D eigenvalue weighted by atomic mass is 9.99. The smallest absolute Gasteiger partial charge is 0.0410 e.